The summed E-state index contributed by atoms with van der Waals surface area (Å²) < 4.78 is 44.5. The highest BCUT2D eigenvalue weighted by molar-refractivity contribution is 5.81. The van der Waals surface area contributed by atoms with Crippen LogP contribution in [-0.2, 0) is 38.0 Å². The third-order valence-corrected chi connectivity index (χ3v) is 11.9. The van der Waals surface area contributed by atoms with Gasteiger partial charge in [-0.1, -0.05) is 20.8 Å². The van der Waals surface area contributed by atoms with Crippen molar-refractivity contribution in [3.63, 3.8) is 0 Å². The van der Waals surface area contributed by atoms with Crippen LogP contribution >= 0.6 is 0 Å². The van der Waals surface area contributed by atoms with Crippen molar-refractivity contribution in [3.05, 3.63) is 0 Å². The summed E-state index contributed by atoms with van der Waals surface area (Å²) in [5.74, 6) is -2.03. The fraction of sp³-hybridized carbons (Fsp3) is 0.946. The van der Waals surface area contributed by atoms with Crippen molar-refractivity contribution < 1.29 is 58.4 Å². The second-order valence-corrected chi connectivity index (χ2v) is 16.5. The topological polar surface area (TPSA) is 178 Å². The largest absolute Gasteiger partial charge is 0.472 e. The van der Waals surface area contributed by atoms with E-state index in [4.69, 9.17) is 38.2 Å². The van der Waals surface area contributed by atoms with Crippen LogP contribution in [0.5, 0.6) is 0 Å². The minimum absolute atomic E-state index is 0.163. The average Bonchev–Trinajstić information content (AvgIpc) is 3.35. The first-order valence-electron chi connectivity index (χ1n) is 18.7. The Morgan fingerprint density at radius 1 is 0.961 bits per heavy atom. The number of hydrogen-bond donors (Lipinski definition) is 4. The Kier molecular flexibility index (Phi) is 13.4. The lowest BCUT2D eigenvalue weighted by Crippen LogP contribution is -2.60. The van der Waals surface area contributed by atoms with Crippen molar-refractivity contribution in [2.75, 3.05) is 21.2 Å². The molecule has 0 saturated carbocycles. The lowest BCUT2D eigenvalue weighted by Gasteiger charge is -2.48. The van der Waals surface area contributed by atoms with Crippen LogP contribution in [0, 0.1) is 17.8 Å². The lowest BCUT2D eigenvalue weighted by molar-refractivity contribution is -0.315. The van der Waals surface area contributed by atoms with Crippen LogP contribution in [0.2, 0.25) is 0 Å². The highest BCUT2D eigenvalue weighted by atomic mass is 16.7. The Hall–Kier alpha value is -1.46. The van der Waals surface area contributed by atoms with Crippen molar-refractivity contribution in [2.45, 2.75) is 185 Å². The maximum absolute atomic E-state index is 14.2. The number of methoxy groups -OCH3 is 1. The summed E-state index contributed by atoms with van der Waals surface area (Å²) in [5.41, 5.74) is -3.91. The Balaban J connectivity index is 1.85. The third-order valence-electron chi connectivity index (χ3n) is 11.9. The maximum Gasteiger partial charge on any atom is 0.311 e. The molecule has 14 heteroatoms. The minimum atomic E-state index is -1.84. The molecule has 18 atom stereocenters. The molecular weight excluding hydrogens is 664 g/mol. The number of aliphatic hydroxyl groups is 4. The highest BCUT2D eigenvalue weighted by Gasteiger charge is 2.56. The Morgan fingerprint density at radius 3 is 2.20 bits per heavy atom. The van der Waals surface area contributed by atoms with E-state index >= 15 is 0 Å². The fourth-order valence-corrected chi connectivity index (χ4v) is 8.61. The molecule has 14 nitrogen and oxygen atoms in total. The number of aliphatic hydroxyl groups excluding tert-OH is 3. The molecule has 0 aromatic rings. The van der Waals surface area contributed by atoms with E-state index < -0.39 is 96.0 Å². The zero-order valence-electron chi connectivity index (χ0n) is 32.9. The standard InChI is InChI=1S/C37H66N2O12/c1-14-25-37(10,44)29(41)22(6)38-32-18(2)16-36(9,51-32)31(50-34-27(40)24(39(11)12)15-19(3)46-34)20(4)28(21(5)33(43)48-25)49-26-17-35(8,45-13)30(42)23(7)47-26/h18-31,34,40-42,44H,14-17H2,1-13H3/t18-,19-,20+,21-,22-,23+,24+,25-,26+,27-,28+,29-,30+,31-,34+,35-,36-,37-/m1/s1. The van der Waals surface area contributed by atoms with Crippen LogP contribution in [-0.4, -0.2) is 149 Å². The molecule has 2 bridgehead atoms. The quantitative estimate of drug-likeness (QED) is 0.281. The number of fused-ring (bicyclic) bond motifs is 2. The molecule has 4 N–H and O–H groups in total. The van der Waals surface area contributed by atoms with Gasteiger partial charge in [-0.3, -0.25) is 4.79 Å². The second kappa shape index (κ2) is 16.1. The molecule has 0 radical (unpaired) electrons. The van der Waals surface area contributed by atoms with Crippen molar-refractivity contribution in [2.24, 2.45) is 22.7 Å². The van der Waals surface area contributed by atoms with Crippen LogP contribution in [0.15, 0.2) is 4.99 Å². The fourth-order valence-electron chi connectivity index (χ4n) is 8.61. The van der Waals surface area contributed by atoms with Gasteiger partial charge in [-0.05, 0) is 75.4 Å². The van der Waals surface area contributed by atoms with E-state index in [0.29, 0.717) is 18.7 Å². The molecule has 51 heavy (non-hydrogen) atoms. The van der Waals surface area contributed by atoms with E-state index in [2.05, 4.69) is 0 Å². The number of carbonyl (C=O) groups is 1. The van der Waals surface area contributed by atoms with Crippen molar-refractivity contribution in [1.29, 1.82) is 0 Å². The van der Waals surface area contributed by atoms with Gasteiger partial charge in [0, 0.05) is 37.8 Å². The van der Waals surface area contributed by atoms with E-state index in [1.54, 1.807) is 34.6 Å². The van der Waals surface area contributed by atoms with Gasteiger partial charge >= 0.3 is 5.97 Å². The first-order chi connectivity index (χ1) is 23.6. The molecule has 296 valence electrons. The van der Waals surface area contributed by atoms with Crippen LogP contribution in [0.4, 0.5) is 0 Å². The third kappa shape index (κ3) is 8.60. The van der Waals surface area contributed by atoms with Gasteiger partial charge in [0.15, 0.2) is 18.5 Å². The number of nitrogens with zero attached hydrogens (tertiary/aromatic N) is 2. The Bertz CT molecular complexity index is 1220. The Morgan fingerprint density at radius 2 is 1.61 bits per heavy atom. The van der Waals surface area contributed by atoms with Crippen molar-refractivity contribution >= 4 is 11.9 Å². The minimum Gasteiger partial charge on any atom is -0.472 e. The molecule has 0 aromatic carbocycles. The van der Waals surface area contributed by atoms with Crippen molar-refractivity contribution in [3.8, 4) is 0 Å². The first-order valence-corrected chi connectivity index (χ1v) is 18.7. The highest BCUT2D eigenvalue weighted by Crippen LogP contribution is 2.44. The molecule has 3 saturated heterocycles. The van der Waals surface area contributed by atoms with Gasteiger partial charge in [0.05, 0.1) is 35.9 Å². The normalized spacial score (nSPS) is 50.3. The number of esters is 1. The SMILES string of the molecule is CC[C@H]1OC(=O)[C@H](C)[C@@H](O[C@H]2C[C@@](C)(OC)[C@@H](O)[C@H](C)O2)[C@H](C)[C@@H](O[C@@H]2O[C@H](C)C[C@H](N(C)C)[C@H]2O)[C@@]2(C)C[C@@H](C)C(=N[C@H](C)[C@@H](O)[C@]1(C)O)O2. The van der Waals surface area contributed by atoms with Gasteiger partial charge in [-0.15, -0.1) is 0 Å². The molecule has 0 spiro atoms. The van der Waals surface area contributed by atoms with Crippen LogP contribution in [0.25, 0.3) is 0 Å². The summed E-state index contributed by atoms with van der Waals surface area (Å²) in [6, 6.07) is -1.04. The molecule has 3 fully saturated rings. The van der Waals surface area contributed by atoms with E-state index in [9.17, 15) is 25.2 Å². The van der Waals surface area contributed by atoms with Gasteiger partial charge < -0.3 is 58.5 Å². The second-order valence-electron chi connectivity index (χ2n) is 16.5. The predicted molar refractivity (Wildman–Crippen MR) is 188 cm³/mol. The van der Waals surface area contributed by atoms with E-state index in [-0.39, 0.29) is 30.9 Å². The molecule has 0 aliphatic carbocycles. The number of likely N-dealkylation sites (N-methyl/N-ethyl adjacent to an activating group) is 1. The molecule has 4 heterocycles. The zero-order chi connectivity index (χ0) is 38.4. The number of rotatable bonds is 7. The summed E-state index contributed by atoms with van der Waals surface area (Å²) in [6.07, 6.45) is -7.53. The van der Waals surface area contributed by atoms with Crippen LogP contribution in [0.3, 0.4) is 0 Å². The molecule has 0 amide bonds. The van der Waals surface area contributed by atoms with E-state index in [1.165, 1.54) is 14.0 Å². The summed E-state index contributed by atoms with van der Waals surface area (Å²) in [5, 5.41) is 45.5. The maximum atomic E-state index is 14.2. The van der Waals surface area contributed by atoms with Gasteiger partial charge in [-0.2, -0.15) is 0 Å². The number of cyclic esters (lactones) is 1. The molecule has 0 unspecified atom stereocenters. The first kappa shape index (κ1) is 42.3. The van der Waals surface area contributed by atoms with E-state index in [1.807, 2.05) is 46.7 Å². The van der Waals surface area contributed by atoms with Crippen LogP contribution < -0.4 is 0 Å². The number of ether oxygens (including phenoxy) is 7. The molecule has 4 aliphatic heterocycles. The van der Waals surface area contributed by atoms with Gasteiger partial charge in [-0.25, -0.2) is 4.99 Å². The molecule has 4 aliphatic rings. The average molecular weight is 731 g/mol. The van der Waals surface area contributed by atoms with E-state index in [0.717, 1.165) is 0 Å². The van der Waals surface area contributed by atoms with Crippen LogP contribution in [0.1, 0.15) is 94.9 Å². The lowest BCUT2D eigenvalue weighted by atomic mass is 9.79. The van der Waals surface area contributed by atoms with Gasteiger partial charge in [0.2, 0.25) is 0 Å². The monoisotopic (exact) mass is 730 g/mol. The van der Waals surface area contributed by atoms with Crippen molar-refractivity contribution in [1.82, 2.24) is 4.90 Å². The molecular formula is C37H66N2O12. The Labute approximate surface area is 304 Å². The number of carbonyl (C=O) groups excluding carboxylic acids is 1. The van der Waals surface area contributed by atoms with Gasteiger partial charge in [0.25, 0.3) is 0 Å². The summed E-state index contributed by atoms with van der Waals surface area (Å²) in [4.78, 5) is 20.9. The predicted octanol–water partition coefficient (Wildman–Crippen LogP) is 2.41. The number of hydrogen-bond acceptors (Lipinski definition) is 14. The molecule has 0 aromatic heterocycles. The zero-order valence-corrected chi connectivity index (χ0v) is 32.9. The molecule has 4 rings (SSSR count). The summed E-state index contributed by atoms with van der Waals surface area (Å²) in [6.45, 7) is 17.8. The van der Waals surface area contributed by atoms with Gasteiger partial charge in [0.1, 0.15) is 41.7 Å². The smallest absolute Gasteiger partial charge is 0.311 e. The summed E-state index contributed by atoms with van der Waals surface area (Å²) in [7, 11) is 5.33. The summed E-state index contributed by atoms with van der Waals surface area (Å²) >= 11 is 0. The number of aliphatic imine (C=N–C) groups is 1.